The van der Waals surface area contributed by atoms with E-state index in [1.165, 1.54) is 0 Å². The summed E-state index contributed by atoms with van der Waals surface area (Å²) in [6.07, 6.45) is 1.80. The van der Waals surface area contributed by atoms with Gasteiger partial charge in [0.1, 0.15) is 6.61 Å². The van der Waals surface area contributed by atoms with Crippen LogP contribution in [-0.4, -0.2) is 50.3 Å². The summed E-state index contributed by atoms with van der Waals surface area (Å²) in [5.74, 6) is 0.0747. The summed E-state index contributed by atoms with van der Waals surface area (Å²) in [6.45, 7) is 11.8. The molecule has 18 heavy (non-hydrogen) atoms. The number of ether oxygens (including phenoxy) is 2. The van der Waals surface area contributed by atoms with Crippen LogP contribution in [0.1, 0.15) is 47.5 Å². The summed E-state index contributed by atoms with van der Waals surface area (Å²) in [5, 5.41) is 0. The zero-order valence-electron chi connectivity index (χ0n) is 13.2. The molecule has 4 nitrogen and oxygen atoms in total. The second-order valence-electron chi connectivity index (χ2n) is 3.97. The van der Waals surface area contributed by atoms with Gasteiger partial charge in [-0.25, -0.2) is 0 Å². The Morgan fingerprint density at radius 1 is 1.11 bits per heavy atom. The number of hydrogen-bond donors (Lipinski definition) is 0. The van der Waals surface area contributed by atoms with Crippen LogP contribution >= 0.6 is 0 Å². The summed E-state index contributed by atoms with van der Waals surface area (Å²) >= 11 is 0. The number of carbonyl (C=O) groups is 1. The number of nitrogens with zero attached hydrogens (tertiary/aromatic N) is 1. The second-order valence-corrected chi connectivity index (χ2v) is 3.97. The standard InChI is InChI=1S/C10H19NO3.2C2H6/c1-10(14-3)4-6-11(7-5-10)9(12)8-13-2;2*1-2/h4-8H2,1-3H3;2*1-2H3. The topological polar surface area (TPSA) is 38.8 Å². The van der Waals surface area contributed by atoms with Crippen LogP contribution in [0.3, 0.4) is 0 Å². The van der Waals surface area contributed by atoms with E-state index in [1.807, 2.05) is 32.6 Å². The normalized spacial score (nSPS) is 16.9. The first-order valence-corrected chi connectivity index (χ1v) is 6.93. The molecule has 1 rings (SSSR count). The molecule has 0 atom stereocenters. The van der Waals surface area contributed by atoms with E-state index >= 15 is 0 Å². The highest BCUT2D eigenvalue weighted by Crippen LogP contribution is 2.24. The highest BCUT2D eigenvalue weighted by Gasteiger charge is 2.31. The number of piperidine rings is 1. The van der Waals surface area contributed by atoms with Crippen molar-refractivity contribution in [3.63, 3.8) is 0 Å². The van der Waals surface area contributed by atoms with Crippen molar-refractivity contribution in [1.82, 2.24) is 4.90 Å². The van der Waals surface area contributed by atoms with Crippen LogP contribution < -0.4 is 0 Å². The van der Waals surface area contributed by atoms with Gasteiger partial charge in [-0.05, 0) is 19.8 Å². The molecular weight excluding hydrogens is 230 g/mol. The Kier molecular flexibility index (Phi) is 12.6. The lowest BCUT2D eigenvalue weighted by Gasteiger charge is -2.38. The van der Waals surface area contributed by atoms with Gasteiger partial charge < -0.3 is 14.4 Å². The third-order valence-corrected chi connectivity index (χ3v) is 2.93. The molecule has 0 aliphatic carbocycles. The van der Waals surface area contributed by atoms with Crippen LogP contribution in [0.15, 0.2) is 0 Å². The summed E-state index contributed by atoms with van der Waals surface area (Å²) in [5.41, 5.74) is -0.0517. The fourth-order valence-corrected chi connectivity index (χ4v) is 1.65. The van der Waals surface area contributed by atoms with Gasteiger partial charge in [-0.3, -0.25) is 4.79 Å². The molecule has 1 saturated heterocycles. The van der Waals surface area contributed by atoms with Gasteiger partial charge in [0, 0.05) is 27.3 Å². The van der Waals surface area contributed by atoms with E-state index in [2.05, 4.69) is 6.92 Å². The number of likely N-dealkylation sites (tertiary alicyclic amines) is 1. The van der Waals surface area contributed by atoms with Crippen molar-refractivity contribution in [2.75, 3.05) is 33.9 Å². The average molecular weight is 261 g/mol. The van der Waals surface area contributed by atoms with Crippen molar-refractivity contribution >= 4 is 5.91 Å². The third kappa shape index (κ3) is 6.97. The van der Waals surface area contributed by atoms with Gasteiger partial charge in [0.25, 0.3) is 0 Å². The fourth-order valence-electron chi connectivity index (χ4n) is 1.65. The largest absolute Gasteiger partial charge is 0.378 e. The SMILES string of the molecule is CC.CC.COCC(=O)N1CCC(C)(OC)CC1. The minimum Gasteiger partial charge on any atom is -0.378 e. The molecule has 0 spiro atoms. The van der Waals surface area contributed by atoms with E-state index in [1.54, 1.807) is 14.2 Å². The molecule has 4 heteroatoms. The van der Waals surface area contributed by atoms with Crippen molar-refractivity contribution in [2.24, 2.45) is 0 Å². The highest BCUT2D eigenvalue weighted by atomic mass is 16.5. The van der Waals surface area contributed by atoms with E-state index in [4.69, 9.17) is 9.47 Å². The predicted octanol–water partition coefficient (Wildman–Crippen LogP) is 2.71. The van der Waals surface area contributed by atoms with E-state index in [9.17, 15) is 4.79 Å². The average Bonchev–Trinajstić information content (AvgIpc) is 2.44. The van der Waals surface area contributed by atoms with E-state index < -0.39 is 0 Å². The molecule has 0 radical (unpaired) electrons. The lowest BCUT2D eigenvalue weighted by Crippen LogP contribution is -2.47. The minimum atomic E-state index is -0.0517. The van der Waals surface area contributed by atoms with Crippen molar-refractivity contribution in [1.29, 1.82) is 0 Å². The maximum absolute atomic E-state index is 11.5. The molecule has 0 aromatic heterocycles. The van der Waals surface area contributed by atoms with Gasteiger partial charge in [0.05, 0.1) is 5.60 Å². The zero-order chi connectivity index (χ0) is 14.6. The van der Waals surface area contributed by atoms with Crippen LogP contribution in [0.2, 0.25) is 0 Å². The zero-order valence-corrected chi connectivity index (χ0v) is 13.2. The van der Waals surface area contributed by atoms with E-state index in [-0.39, 0.29) is 18.1 Å². The molecule has 0 saturated carbocycles. The van der Waals surface area contributed by atoms with Gasteiger partial charge in [0.2, 0.25) is 5.91 Å². The number of rotatable bonds is 3. The molecule has 0 bridgehead atoms. The molecule has 1 aliphatic rings. The molecule has 1 fully saturated rings. The Morgan fingerprint density at radius 2 is 1.56 bits per heavy atom. The lowest BCUT2D eigenvalue weighted by atomic mass is 9.93. The summed E-state index contributed by atoms with van der Waals surface area (Å²) in [4.78, 5) is 13.3. The maximum atomic E-state index is 11.5. The van der Waals surface area contributed by atoms with Crippen LogP contribution in [0.4, 0.5) is 0 Å². The Bertz CT molecular complexity index is 199. The maximum Gasteiger partial charge on any atom is 0.248 e. The Hall–Kier alpha value is -0.610. The Morgan fingerprint density at radius 3 is 1.89 bits per heavy atom. The second kappa shape index (κ2) is 11.5. The number of amides is 1. The monoisotopic (exact) mass is 261 g/mol. The van der Waals surface area contributed by atoms with Gasteiger partial charge in [-0.1, -0.05) is 27.7 Å². The Balaban J connectivity index is 0. The quantitative estimate of drug-likeness (QED) is 0.784. The van der Waals surface area contributed by atoms with Crippen molar-refractivity contribution in [2.45, 2.75) is 53.1 Å². The van der Waals surface area contributed by atoms with Crippen molar-refractivity contribution in [3.8, 4) is 0 Å². The first-order chi connectivity index (χ1) is 8.61. The molecule has 0 aromatic carbocycles. The summed E-state index contributed by atoms with van der Waals surface area (Å²) < 4.78 is 10.2. The first-order valence-electron chi connectivity index (χ1n) is 6.93. The Labute approximate surface area is 113 Å². The minimum absolute atomic E-state index is 0.0517. The van der Waals surface area contributed by atoms with Gasteiger partial charge >= 0.3 is 0 Å². The van der Waals surface area contributed by atoms with Gasteiger partial charge in [-0.15, -0.1) is 0 Å². The van der Waals surface area contributed by atoms with Gasteiger partial charge in [-0.2, -0.15) is 0 Å². The van der Waals surface area contributed by atoms with Crippen LogP contribution in [0, 0.1) is 0 Å². The van der Waals surface area contributed by atoms with Crippen LogP contribution in [-0.2, 0) is 14.3 Å². The predicted molar refractivity (Wildman–Crippen MR) is 75.8 cm³/mol. The molecule has 1 heterocycles. The molecule has 1 amide bonds. The van der Waals surface area contributed by atoms with E-state index in [0.29, 0.717) is 0 Å². The van der Waals surface area contributed by atoms with Crippen LogP contribution in [0.5, 0.6) is 0 Å². The smallest absolute Gasteiger partial charge is 0.248 e. The highest BCUT2D eigenvalue weighted by molar-refractivity contribution is 5.77. The number of methoxy groups -OCH3 is 2. The number of hydrogen-bond acceptors (Lipinski definition) is 3. The summed E-state index contributed by atoms with van der Waals surface area (Å²) in [6, 6.07) is 0. The lowest BCUT2D eigenvalue weighted by molar-refractivity contribution is -0.139. The van der Waals surface area contributed by atoms with E-state index in [0.717, 1.165) is 25.9 Å². The fraction of sp³-hybridized carbons (Fsp3) is 0.929. The summed E-state index contributed by atoms with van der Waals surface area (Å²) in [7, 11) is 3.27. The molecular formula is C14H31NO3. The molecule has 110 valence electrons. The third-order valence-electron chi connectivity index (χ3n) is 2.93. The van der Waals surface area contributed by atoms with Crippen molar-refractivity contribution in [3.05, 3.63) is 0 Å². The molecule has 0 N–H and O–H groups in total. The van der Waals surface area contributed by atoms with Gasteiger partial charge in [0.15, 0.2) is 0 Å². The molecule has 0 aromatic rings. The molecule has 1 aliphatic heterocycles. The molecule has 0 unspecified atom stereocenters. The van der Waals surface area contributed by atoms with Crippen LogP contribution in [0.25, 0.3) is 0 Å². The van der Waals surface area contributed by atoms with Crippen molar-refractivity contribution < 1.29 is 14.3 Å². The number of carbonyl (C=O) groups excluding carboxylic acids is 1. The first kappa shape index (κ1) is 19.7.